The number of nitrogens with zero attached hydrogens (tertiary/aromatic N) is 4. The first-order chi connectivity index (χ1) is 15.3. The van der Waals surface area contributed by atoms with E-state index < -0.39 is 0 Å². The number of fused-ring (bicyclic) bond motifs is 1. The highest BCUT2D eigenvalue weighted by Gasteiger charge is 2.04. The van der Waals surface area contributed by atoms with E-state index >= 15 is 0 Å². The van der Waals surface area contributed by atoms with Crippen LogP contribution in [0.3, 0.4) is 0 Å². The second-order valence-corrected chi connectivity index (χ2v) is 7.80. The molecule has 0 unspecified atom stereocenters. The molecule has 0 spiro atoms. The van der Waals surface area contributed by atoms with E-state index in [1.165, 1.54) is 16.7 Å². The molecule has 5 nitrogen and oxygen atoms in total. The Morgan fingerprint density at radius 1 is 0.806 bits per heavy atom. The van der Waals surface area contributed by atoms with Crippen LogP contribution in [0.1, 0.15) is 22.5 Å². The normalized spacial score (nSPS) is 11.3. The number of rotatable bonds is 7. The first kappa shape index (κ1) is 19.3. The Labute approximate surface area is 182 Å². The van der Waals surface area contributed by atoms with Gasteiger partial charge in [0.05, 0.1) is 11.0 Å². The summed E-state index contributed by atoms with van der Waals surface area (Å²) in [5.41, 5.74) is 7.10. The van der Waals surface area contributed by atoms with E-state index in [0.29, 0.717) is 0 Å². The number of hydrogen-bond donors (Lipinski definition) is 1. The van der Waals surface area contributed by atoms with Crippen LogP contribution < -0.4 is 5.32 Å². The molecule has 0 saturated heterocycles. The highest BCUT2D eigenvalue weighted by atomic mass is 15.1. The summed E-state index contributed by atoms with van der Waals surface area (Å²) < 4.78 is 4.29. The van der Waals surface area contributed by atoms with Crippen molar-refractivity contribution in [1.82, 2.24) is 24.4 Å². The molecule has 0 aliphatic carbocycles. The fourth-order valence-corrected chi connectivity index (χ4v) is 3.90. The molecule has 5 rings (SSSR count). The minimum Gasteiger partial charge on any atom is -0.331 e. The van der Waals surface area contributed by atoms with Crippen LogP contribution in [-0.4, -0.2) is 19.1 Å². The van der Waals surface area contributed by atoms with Crippen LogP contribution in [0.2, 0.25) is 0 Å². The average molecular weight is 408 g/mol. The zero-order valence-corrected chi connectivity index (χ0v) is 17.6. The molecule has 3 aromatic carbocycles. The molecule has 5 aromatic rings. The SMILES string of the molecule is Cc1nccn1Cc1cccc(CNCc2ccc(-n3cnc4ccccc43)cc2)c1. The molecular formula is C26H25N5. The molecule has 154 valence electrons. The van der Waals surface area contributed by atoms with E-state index in [4.69, 9.17) is 0 Å². The summed E-state index contributed by atoms with van der Waals surface area (Å²) in [5.74, 6) is 1.04. The number of imidazole rings is 2. The standard InChI is InChI=1S/C26H25N5/c1-20-28-13-14-30(20)18-23-6-4-5-22(15-23)17-27-16-21-9-11-24(12-10-21)31-19-29-25-7-2-3-8-26(25)31/h2-15,19,27H,16-18H2,1H3. The van der Waals surface area contributed by atoms with Gasteiger partial charge in [-0.2, -0.15) is 0 Å². The third kappa shape index (κ3) is 4.27. The van der Waals surface area contributed by atoms with E-state index in [9.17, 15) is 0 Å². The van der Waals surface area contributed by atoms with Gasteiger partial charge in [-0.25, -0.2) is 9.97 Å². The van der Waals surface area contributed by atoms with Crippen molar-refractivity contribution >= 4 is 11.0 Å². The maximum atomic E-state index is 4.48. The van der Waals surface area contributed by atoms with Crippen LogP contribution in [-0.2, 0) is 19.6 Å². The monoisotopic (exact) mass is 407 g/mol. The summed E-state index contributed by atoms with van der Waals surface area (Å²) in [6.45, 7) is 4.55. The Morgan fingerprint density at radius 3 is 2.45 bits per heavy atom. The summed E-state index contributed by atoms with van der Waals surface area (Å²) >= 11 is 0. The van der Waals surface area contributed by atoms with Crippen LogP contribution in [0, 0.1) is 6.92 Å². The minimum atomic E-state index is 0.829. The molecule has 0 atom stereocenters. The predicted molar refractivity (Wildman–Crippen MR) is 124 cm³/mol. The van der Waals surface area contributed by atoms with Crippen molar-refractivity contribution in [3.05, 3.63) is 114 Å². The fourth-order valence-electron chi connectivity index (χ4n) is 3.90. The second kappa shape index (κ2) is 8.58. The zero-order chi connectivity index (χ0) is 21.0. The first-order valence-corrected chi connectivity index (χ1v) is 10.5. The number of aromatic nitrogens is 4. The third-order valence-corrected chi connectivity index (χ3v) is 5.59. The molecule has 0 aliphatic heterocycles. The quantitative estimate of drug-likeness (QED) is 0.419. The van der Waals surface area contributed by atoms with Crippen molar-refractivity contribution in [2.45, 2.75) is 26.6 Å². The van der Waals surface area contributed by atoms with Crippen LogP contribution in [0.25, 0.3) is 16.7 Å². The van der Waals surface area contributed by atoms with Gasteiger partial charge in [0.15, 0.2) is 0 Å². The Bertz CT molecular complexity index is 1300. The summed E-state index contributed by atoms with van der Waals surface area (Å²) in [4.78, 5) is 8.78. The number of nitrogens with one attached hydrogen (secondary N) is 1. The van der Waals surface area contributed by atoms with Crippen molar-refractivity contribution in [3.63, 3.8) is 0 Å². The van der Waals surface area contributed by atoms with E-state index in [1.54, 1.807) is 0 Å². The van der Waals surface area contributed by atoms with Crippen molar-refractivity contribution in [1.29, 1.82) is 0 Å². The lowest BCUT2D eigenvalue weighted by Gasteiger charge is -2.10. The highest BCUT2D eigenvalue weighted by Crippen LogP contribution is 2.18. The van der Waals surface area contributed by atoms with Crippen molar-refractivity contribution in [2.75, 3.05) is 0 Å². The molecule has 0 bridgehead atoms. The lowest BCUT2D eigenvalue weighted by Crippen LogP contribution is -2.13. The van der Waals surface area contributed by atoms with Gasteiger partial charge in [0.1, 0.15) is 12.2 Å². The maximum absolute atomic E-state index is 4.48. The highest BCUT2D eigenvalue weighted by molar-refractivity contribution is 5.77. The molecule has 31 heavy (non-hydrogen) atoms. The molecule has 0 aliphatic rings. The van der Waals surface area contributed by atoms with Gasteiger partial charge in [-0.1, -0.05) is 48.5 Å². The van der Waals surface area contributed by atoms with Gasteiger partial charge >= 0.3 is 0 Å². The fraction of sp³-hybridized carbons (Fsp3) is 0.154. The van der Waals surface area contributed by atoms with Gasteiger partial charge < -0.3 is 9.88 Å². The lowest BCUT2D eigenvalue weighted by molar-refractivity contribution is 0.690. The molecular weight excluding hydrogens is 382 g/mol. The molecule has 1 N–H and O–H groups in total. The van der Waals surface area contributed by atoms with E-state index in [-0.39, 0.29) is 0 Å². The largest absolute Gasteiger partial charge is 0.331 e. The van der Waals surface area contributed by atoms with Crippen LogP contribution >= 0.6 is 0 Å². The zero-order valence-electron chi connectivity index (χ0n) is 17.6. The smallest absolute Gasteiger partial charge is 0.105 e. The van der Waals surface area contributed by atoms with Crippen LogP contribution in [0.4, 0.5) is 0 Å². The molecule has 0 amide bonds. The molecule has 0 saturated carbocycles. The summed E-state index contributed by atoms with van der Waals surface area (Å²) in [6, 6.07) is 25.6. The lowest BCUT2D eigenvalue weighted by atomic mass is 10.1. The van der Waals surface area contributed by atoms with Crippen LogP contribution in [0.15, 0.2) is 91.5 Å². The van der Waals surface area contributed by atoms with Gasteiger partial charge in [-0.3, -0.25) is 4.57 Å². The van der Waals surface area contributed by atoms with E-state index in [0.717, 1.165) is 42.2 Å². The number of hydrogen-bond acceptors (Lipinski definition) is 3. The number of para-hydroxylation sites is 2. The summed E-state index contributed by atoms with van der Waals surface area (Å²) in [5, 5.41) is 3.56. The second-order valence-electron chi connectivity index (χ2n) is 7.80. The minimum absolute atomic E-state index is 0.829. The molecule has 2 aromatic heterocycles. The van der Waals surface area contributed by atoms with Crippen LogP contribution in [0.5, 0.6) is 0 Å². The predicted octanol–water partition coefficient (Wildman–Crippen LogP) is 4.87. The topological polar surface area (TPSA) is 47.7 Å². The third-order valence-electron chi connectivity index (χ3n) is 5.59. The Kier molecular flexibility index (Phi) is 5.33. The number of benzene rings is 3. The van der Waals surface area contributed by atoms with Crippen molar-refractivity contribution < 1.29 is 0 Å². The molecule has 2 heterocycles. The van der Waals surface area contributed by atoms with Gasteiger partial charge in [0.2, 0.25) is 0 Å². The van der Waals surface area contributed by atoms with Crippen molar-refractivity contribution in [2.24, 2.45) is 0 Å². The van der Waals surface area contributed by atoms with Gasteiger partial charge in [0, 0.05) is 37.7 Å². The molecule has 0 fully saturated rings. The Balaban J connectivity index is 1.20. The molecule has 5 heteroatoms. The molecule has 0 radical (unpaired) electrons. The Hall–Kier alpha value is -3.70. The van der Waals surface area contributed by atoms with E-state index in [2.05, 4.69) is 79.0 Å². The maximum Gasteiger partial charge on any atom is 0.105 e. The van der Waals surface area contributed by atoms with E-state index in [1.807, 2.05) is 43.8 Å². The van der Waals surface area contributed by atoms with Crippen molar-refractivity contribution in [3.8, 4) is 5.69 Å². The Morgan fingerprint density at radius 2 is 1.61 bits per heavy atom. The van der Waals surface area contributed by atoms with Gasteiger partial charge in [-0.15, -0.1) is 0 Å². The first-order valence-electron chi connectivity index (χ1n) is 10.5. The van der Waals surface area contributed by atoms with Gasteiger partial charge in [0.25, 0.3) is 0 Å². The summed E-state index contributed by atoms with van der Waals surface area (Å²) in [6.07, 6.45) is 5.76. The number of aryl methyl sites for hydroxylation is 1. The van der Waals surface area contributed by atoms with Gasteiger partial charge in [-0.05, 0) is 47.9 Å². The summed E-state index contributed by atoms with van der Waals surface area (Å²) in [7, 11) is 0. The average Bonchev–Trinajstić information content (AvgIpc) is 3.41.